The van der Waals surface area contributed by atoms with Crippen molar-refractivity contribution in [2.24, 2.45) is 17.4 Å². The van der Waals surface area contributed by atoms with Gasteiger partial charge in [0.1, 0.15) is 24.7 Å². The van der Waals surface area contributed by atoms with Crippen molar-refractivity contribution in [2.75, 3.05) is 65.9 Å². The Morgan fingerprint density at radius 1 is 0.913 bits per heavy atom. The molecule has 1 saturated heterocycles. The molecular formula is C49H67N7O13. The molecule has 0 saturated carbocycles. The number of carbonyl (C=O) groups excluding carboxylic acids is 6. The second kappa shape index (κ2) is 24.7. The molecule has 20 nitrogen and oxygen atoms in total. The first-order valence-electron chi connectivity index (χ1n) is 24.1. The van der Waals surface area contributed by atoms with E-state index in [4.69, 9.17) is 44.9 Å². The second-order valence-electron chi connectivity index (χ2n) is 17.6. The van der Waals surface area contributed by atoms with Crippen LogP contribution in [0.25, 0.3) is 22.3 Å². The van der Waals surface area contributed by atoms with E-state index in [9.17, 15) is 33.6 Å². The van der Waals surface area contributed by atoms with E-state index >= 15 is 0 Å². The van der Waals surface area contributed by atoms with E-state index in [1.807, 2.05) is 31.2 Å². The van der Waals surface area contributed by atoms with Crippen molar-refractivity contribution in [3.63, 3.8) is 0 Å². The van der Waals surface area contributed by atoms with Crippen LogP contribution in [0.2, 0.25) is 0 Å². The van der Waals surface area contributed by atoms with Gasteiger partial charge in [-0.25, -0.2) is 14.6 Å². The highest BCUT2D eigenvalue weighted by molar-refractivity contribution is 5.96. The van der Waals surface area contributed by atoms with Gasteiger partial charge in [0, 0.05) is 36.0 Å². The van der Waals surface area contributed by atoms with Crippen LogP contribution in [0.1, 0.15) is 94.9 Å². The minimum absolute atomic E-state index is 0.00890. The Labute approximate surface area is 401 Å². The lowest BCUT2D eigenvalue weighted by molar-refractivity contribution is -0.191. The Morgan fingerprint density at radius 2 is 1.64 bits per heavy atom. The van der Waals surface area contributed by atoms with Gasteiger partial charge in [-0.2, -0.15) is 0 Å². The third-order valence-corrected chi connectivity index (χ3v) is 12.7. The minimum Gasteiger partial charge on any atom is -0.466 e. The van der Waals surface area contributed by atoms with E-state index in [0.717, 1.165) is 22.0 Å². The normalized spacial score (nSPS) is 18.0. The van der Waals surface area contributed by atoms with Gasteiger partial charge in [-0.1, -0.05) is 45.9 Å². The van der Waals surface area contributed by atoms with E-state index in [-0.39, 0.29) is 76.5 Å². The summed E-state index contributed by atoms with van der Waals surface area (Å²) in [6.07, 6.45) is 1.74. The van der Waals surface area contributed by atoms with Gasteiger partial charge in [-0.05, 0) is 68.7 Å². The zero-order valence-electron chi connectivity index (χ0n) is 40.1. The van der Waals surface area contributed by atoms with Gasteiger partial charge in [0.15, 0.2) is 0 Å². The number of nitrogens with zero attached hydrogens (tertiary/aromatic N) is 3. The maximum Gasteiger partial charge on any atom is 0.355 e. The molecule has 3 amide bonds. The molecule has 3 aromatic rings. The first-order valence-corrected chi connectivity index (χ1v) is 24.1. The number of para-hydroxylation sites is 1. The van der Waals surface area contributed by atoms with E-state index in [1.165, 1.54) is 4.90 Å². The first kappa shape index (κ1) is 52.6. The van der Waals surface area contributed by atoms with Crippen LogP contribution in [0.3, 0.4) is 0 Å². The lowest BCUT2D eigenvalue weighted by Crippen LogP contribution is -2.57. The number of esters is 3. The molecule has 1 aromatic carbocycles. The summed E-state index contributed by atoms with van der Waals surface area (Å²) in [6, 6.07) is 5.67. The van der Waals surface area contributed by atoms with Gasteiger partial charge in [0.25, 0.3) is 5.56 Å². The van der Waals surface area contributed by atoms with Gasteiger partial charge in [-0.3, -0.25) is 24.0 Å². The molecule has 0 spiro atoms. The molecule has 2 aromatic heterocycles. The Hall–Kier alpha value is -5.80. The number of ether oxygens (including phenoxy) is 6. The summed E-state index contributed by atoms with van der Waals surface area (Å²) in [5.74, 6) is -5.04. The summed E-state index contributed by atoms with van der Waals surface area (Å²) in [7, 11) is 0. The second-order valence-corrected chi connectivity index (χ2v) is 17.6. The lowest BCUT2D eigenvalue weighted by atomic mass is 9.85. The number of amides is 3. The fourth-order valence-electron chi connectivity index (χ4n) is 9.07. The van der Waals surface area contributed by atoms with Crippen LogP contribution in [0.5, 0.6) is 0 Å². The van der Waals surface area contributed by atoms with E-state index in [1.54, 1.807) is 31.4 Å². The molecule has 6 rings (SSSR count). The molecule has 20 heteroatoms. The molecule has 3 aliphatic rings. The topological polar surface area (TPSA) is 272 Å². The number of carbonyl (C=O) groups is 6. The summed E-state index contributed by atoms with van der Waals surface area (Å²) in [4.78, 5) is 103. The van der Waals surface area contributed by atoms with E-state index in [2.05, 4.69) is 10.6 Å². The van der Waals surface area contributed by atoms with Gasteiger partial charge < -0.3 is 60.0 Å². The Balaban J connectivity index is 1.16. The minimum atomic E-state index is -2.04. The molecule has 0 radical (unpaired) electrons. The predicted octanol–water partition coefficient (Wildman–Crippen LogP) is 1.88. The number of hydrogen-bond acceptors (Lipinski definition) is 16. The molecule has 5 heterocycles. The van der Waals surface area contributed by atoms with Gasteiger partial charge >= 0.3 is 17.9 Å². The van der Waals surface area contributed by atoms with Crippen molar-refractivity contribution in [1.82, 2.24) is 25.1 Å². The predicted molar refractivity (Wildman–Crippen MR) is 251 cm³/mol. The number of nitrogens with two attached hydrogens (primary N) is 2. The Bertz CT molecular complexity index is 2410. The molecule has 0 unspecified atom stereocenters. The molecule has 4 atom stereocenters. The number of aromatic nitrogens is 2. The van der Waals surface area contributed by atoms with Crippen molar-refractivity contribution < 1.29 is 57.2 Å². The number of benzene rings is 1. The van der Waals surface area contributed by atoms with Gasteiger partial charge in [-0.15, -0.1) is 0 Å². The van der Waals surface area contributed by atoms with Crippen LogP contribution in [0.15, 0.2) is 35.1 Å². The largest absolute Gasteiger partial charge is 0.466 e. The monoisotopic (exact) mass is 961 g/mol. The van der Waals surface area contributed by atoms with Crippen molar-refractivity contribution in [3.8, 4) is 11.4 Å². The average Bonchev–Trinajstić information content (AvgIpc) is 3.98. The molecule has 0 bridgehead atoms. The van der Waals surface area contributed by atoms with Crippen LogP contribution in [-0.4, -0.2) is 134 Å². The summed E-state index contributed by atoms with van der Waals surface area (Å²) >= 11 is 0. The SMILES string of the molecule is CCc1c2c(nc3ccccc13)-c1cc3c(c(=O)n1C2)COC(=O)[C@@]3(CC)OC(=O)[C@@H](NC(=O)[C@@H]1CCCN1C(=O)[C@H](CC(=O)OCCCCN)NC(=O)CCOCCOCCOCCN)C(C)C. The number of aryl methyl sites for hydroxylation is 1. The highest BCUT2D eigenvalue weighted by atomic mass is 16.6. The molecule has 69 heavy (non-hydrogen) atoms. The number of fused-ring (bicyclic) bond motifs is 5. The molecule has 6 N–H and O–H groups in total. The van der Waals surface area contributed by atoms with Crippen LogP contribution in [0, 0.1) is 5.92 Å². The highest BCUT2D eigenvalue weighted by Gasteiger charge is 2.52. The van der Waals surface area contributed by atoms with Gasteiger partial charge in [0.05, 0.1) is 81.7 Å². The number of nitrogens with one attached hydrogen (secondary N) is 2. The van der Waals surface area contributed by atoms with Crippen molar-refractivity contribution in [2.45, 2.75) is 116 Å². The quantitative estimate of drug-likeness (QED) is 0.0397. The maximum atomic E-state index is 14.4. The van der Waals surface area contributed by atoms with Crippen molar-refractivity contribution >= 4 is 46.5 Å². The van der Waals surface area contributed by atoms with E-state index < -0.39 is 77.3 Å². The first-order chi connectivity index (χ1) is 33.3. The number of hydrogen-bond donors (Lipinski definition) is 4. The summed E-state index contributed by atoms with van der Waals surface area (Å²) in [6.45, 7) is 9.72. The van der Waals surface area contributed by atoms with Crippen molar-refractivity contribution in [3.05, 3.63) is 62.9 Å². The number of likely N-dealkylation sites (tertiary alicyclic amines) is 1. The number of pyridine rings is 2. The smallest absolute Gasteiger partial charge is 0.355 e. The standard InChI is InChI=1S/C49H67N7O13/c1-5-31-32-12-7-8-13-36(32)53-43-33(31)28-56-39(43)26-35-34(45(56)60)29-68-48(63)49(35,6-2)69-47(62)42(30(3)4)54-44(59)38-14-11-18-55(38)46(61)37(27-41(58)67-19-10-9-16-50)52-40(57)15-20-64-22-24-66-25-23-65-21-17-51/h7-8,12-13,26,30,37-38,42H,5-6,9-11,14-25,27-29,50-51H2,1-4H3,(H,52,57)(H,54,59)/t37-,38-,42-,49-/m0/s1. The maximum absolute atomic E-state index is 14.4. The Morgan fingerprint density at radius 3 is 2.33 bits per heavy atom. The van der Waals surface area contributed by atoms with Crippen LogP contribution >= 0.6 is 0 Å². The summed E-state index contributed by atoms with van der Waals surface area (Å²) in [5, 5.41) is 6.39. The molecular weight excluding hydrogens is 895 g/mol. The van der Waals surface area contributed by atoms with Gasteiger partial charge in [0.2, 0.25) is 23.3 Å². The third-order valence-electron chi connectivity index (χ3n) is 12.7. The zero-order valence-corrected chi connectivity index (χ0v) is 40.1. The molecule has 376 valence electrons. The summed E-state index contributed by atoms with van der Waals surface area (Å²) < 4.78 is 34.9. The van der Waals surface area contributed by atoms with Crippen LogP contribution in [0.4, 0.5) is 0 Å². The number of unbranched alkanes of at least 4 members (excludes halogenated alkanes) is 1. The highest BCUT2D eigenvalue weighted by Crippen LogP contribution is 2.42. The number of cyclic esters (lactones) is 1. The zero-order chi connectivity index (χ0) is 49.7. The van der Waals surface area contributed by atoms with Crippen LogP contribution in [-0.2, 0) is 82.4 Å². The Kier molecular flexibility index (Phi) is 18.8. The third kappa shape index (κ3) is 12.2. The number of rotatable bonds is 26. The average molecular weight is 962 g/mol. The molecule has 0 aliphatic carbocycles. The molecule has 1 fully saturated rings. The molecule has 3 aliphatic heterocycles. The van der Waals surface area contributed by atoms with E-state index in [0.29, 0.717) is 70.0 Å². The van der Waals surface area contributed by atoms with Crippen molar-refractivity contribution in [1.29, 1.82) is 0 Å². The fraction of sp³-hybridized carbons (Fsp3) is 0.592. The fourth-order valence-corrected chi connectivity index (χ4v) is 9.07. The lowest BCUT2D eigenvalue weighted by Gasteiger charge is -2.37. The summed E-state index contributed by atoms with van der Waals surface area (Å²) in [5.41, 5.74) is 12.7. The van der Waals surface area contributed by atoms with Crippen LogP contribution < -0.4 is 27.7 Å².